The molecule has 0 bridgehead atoms. The van der Waals surface area contributed by atoms with Gasteiger partial charge in [0, 0.05) is 22.9 Å². The lowest BCUT2D eigenvalue weighted by atomic mass is 10.1. The van der Waals surface area contributed by atoms with Gasteiger partial charge in [0.1, 0.15) is 11.6 Å². The van der Waals surface area contributed by atoms with Gasteiger partial charge < -0.3 is 4.74 Å². The van der Waals surface area contributed by atoms with Crippen LogP contribution in [0.5, 0.6) is 5.75 Å². The molecule has 28 heavy (non-hydrogen) atoms. The van der Waals surface area contributed by atoms with Crippen LogP contribution in [0.3, 0.4) is 0 Å². The number of ketones is 1. The molecule has 0 N–H and O–H groups in total. The molecular weight excluding hydrogens is 377 g/mol. The maximum absolute atomic E-state index is 14.3. The predicted octanol–water partition coefficient (Wildman–Crippen LogP) is 4.92. The third kappa shape index (κ3) is 3.67. The minimum absolute atomic E-state index is 0.0110. The van der Waals surface area contributed by atoms with Crippen molar-refractivity contribution >= 4 is 17.5 Å². The highest BCUT2D eigenvalue weighted by atomic mass is 32.2. The monoisotopic (exact) mass is 397 g/mol. The Morgan fingerprint density at radius 1 is 1.25 bits per heavy atom. The summed E-state index contributed by atoms with van der Waals surface area (Å²) in [5, 5.41) is 9.35. The zero-order valence-electron chi connectivity index (χ0n) is 15.7. The molecule has 1 saturated carbocycles. The number of methoxy groups -OCH3 is 1. The molecule has 0 amide bonds. The number of carbonyl (C=O) groups excluding carboxylic acids is 1. The molecule has 1 aliphatic rings. The summed E-state index contributed by atoms with van der Waals surface area (Å²) in [7, 11) is 1.61. The SMILES string of the molecule is COc1ccc(C(C)=O)cc1CSc1nnc(-c2ccccc2F)n1C1CC1. The molecule has 0 aliphatic heterocycles. The number of nitrogens with zero attached hydrogens (tertiary/aromatic N) is 3. The molecule has 4 rings (SSSR count). The number of benzene rings is 2. The van der Waals surface area contributed by atoms with Crippen LogP contribution in [0.15, 0.2) is 47.6 Å². The van der Waals surface area contributed by atoms with Crippen molar-refractivity contribution in [1.82, 2.24) is 14.8 Å². The highest BCUT2D eigenvalue weighted by Gasteiger charge is 2.31. The Kier molecular flexibility index (Phi) is 5.17. The summed E-state index contributed by atoms with van der Waals surface area (Å²) < 4.78 is 21.7. The second kappa shape index (κ2) is 7.75. The summed E-state index contributed by atoms with van der Waals surface area (Å²) in [6, 6.07) is 12.4. The van der Waals surface area contributed by atoms with Gasteiger partial charge in [0.15, 0.2) is 16.8 Å². The average molecular weight is 397 g/mol. The van der Waals surface area contributed by atoms with Crippen molar-refractivity contribution in [2.45, 2.75) is 36.7 Å². The average Bonchev–Trinajstić information content (AvgIpc) is 3.46. The largest absolute Gasteiger partial charge is 0.496 e. The fourth-order valence-electron chi connectivity index (χ4n) is 3.12. The fraction of sp³-hybridized carbons (Fsp3) is 0.286. The van der Waals surface area contributed by atoms with Crippen LogP contribution in [-0.2, 0) is 5.75 Å². The first-order valence-electron chi connectivity index (χ1n) is 9.09. The van der Waals surface area contributed by atoms with E-state index < -0.39 is 0 Å². The van der Waals surface area contributed by atoms with Crippen molar-refractivity contribution in [3.63, 3.8) is 0 Å². The Hall–Kier alpha value is -2.67. The number of carbonyl (C=O) groups is 1. The second-order valence-electron chi connectivity index (χ2n) is 6.76. The minimum atomic E-state index is -0.302. The van der Waals surface area contributed by atoms with Crippen LogP contribution in [0, 0.1) is 5.82 Å². The van der Waals surface area contributed by atoms with Crippen molar-refractivity contribution in [3.05, 3.63) is 59.4 Å². The first-order chi connectivity index (χ1) is 13.6. The number of rotatable bonds is 7. The Bertz CT molecular complexity index is 1030. The van der Waals surface area contributed by atoms with Crippen molar-refractivity contribution in [3.8, 4) is 17.1 Å². The van der Waals surface area contributed by atoms with E-state index in [1.807, 2.05) is 16.7 Å². The van der Waals surface area contributed by atoms with Crippen LogP contribution in [0.25, 0.3) is 11.4 Å². The van der Waals surface area contributed by atoms with Gasteiger partial charge >= 0.3 is 0 Å². The zero-order chi connectivity index (χ0) is 19.7. The molecule has 3 aromatic rings. The number of Topliss-reactive ketones (excluding diaryl/α,β-unsaturated/α-hetero) is 1. The Morgan fingerprint density at radius 2 is 2.04 bits per heavy atom. The van der Waals surface area contributed by atoms with E-state index in [9.17, 15) is 9.18 Å². The van der Waals surface area contributed by atoms with Crippen LogP contribution >= 0.6 is 11.8 Å². The number of aromatic nitrogens is 3. The van der Waals surface area contributed by atoms with Crippen LogP contribution in [0.2, 0.25) is 0 Å². The van der Waals surface area contributed by atoms with Gasteiger partial charge in [-0.1, -0.05) is 23.9 Å². The van der Waals surface area contributed by atoms with E-state index in [1.165, 1.54) is 17.8 Å². The lowest BCUT2D eigenvalue weighted by Gasteiger charge is -2.11. The molecule has 5 nitrogen and oxygen atoms in total. The highest BCUT2D eigenvalue weighted by Crippen LogP contribution is 2.42. The van der Waals surface area contributed by atoms with E-state index in [1.54, 1.807) is 38.3 Å². The molecular formula is C21H20FN3O2S. The topological polar surface area (TPSA) is 57.0 Å². The quantitative estimate of drug-likeness (QED) is 0.418. The molecule has 7 heteroatoms. The van der Waals surface area contributed by atoms with Crippen molar-refractivity contribution in [1.29, 1.82) is 0 Å². The molecule has 144 valence electrons. The first kappa shape index (κ1) is 18.7. The standard InChI is InChI=1S/C21H20FN3O2S/c1-13(26)14-7-10-19(27-2)15(11-14)12-28-21-24-23-20(25(21)16-8-9-16)17-5-3-4-6-18(17)22/h3-7,10-11,16H,8-9,12H2,1-2H3. The predicted molar refractivity (Wildman–Crippen MR) is 106 cm³/mol. The van der Waals surface area contributed by atoms with Gasteiger partial charge in [0.2, 0.25) is 0 Å². The van der Waals surface area contributed by atoms with Crippen LogP contribution in [0.4, 0.5) is 4.39 Å². The normalized spacial score (nSPS) is 13.5. The van der Waals surface area contributed by atoms with Gasteiger partial charge in [-0.2, -0.15) is 0 Å². The minimum Gasteiger partial charge on any atom is -0.496 e. The van der Waals surface area contributed by atoms with E-state index in [4.69, 9.17) is 4.74 Å². The van der Waals surface area contributed by atoms with Gasteiger partial charge in [-0.25, -0.2) is 4.39 Å². The van der Waals surface area contributed by atoms with Gasteiger partial charge in [0.25, 0.3) is 0 Å². The van der Waals surface area contributed by atoms with Gasteiger partial charge in [-0.3, -0.25) is 9.36 Å². The van der Waals surface area contributed by atoms with E-state index in [2.05, 4.69) is 10.2 Å². The molecule has 0 spiro atoms. The van der Waals surface area contributed by atoms with E-state index in [0.717, 1.165) is 29.3 Å². The third-order valence-electron chi connectivity index (χ3n) is 4.74. The number of ether oxygens (including phenoxy) is 1. The van der Waals surface area contributed by atoms with Crippen LogP contribution in [0.1, 0.15) is 41.7 Å². The number of thioether (sulfide) groups is 1. The summed E-state index contributed by atoms with van der Waals surface area (Å²) in [4.78, 5) is 11.7. The zero-order valence-corrected chi connectivity index (χ0v) is 16.5. The van der Waals surface area contributed by atoms with Gasteiger partial charge in [-0.15, -0.1) is 10.2 Å². The highest BCUT2D eigenvalue weighted by molar-refractivity contribution is 7.98. The fourth-order valence-corrected chi connectivity index (χ4v) is 4.10. The molecule has 2 aromatic carbocycles. The second-order valence-corrected chi connectivity index (χ2v) is 7.70. The van der Waals surface area contributed by atoms with Crippen molar-refractivity contribution in [2.24, 2.45) is 0 Å². The van der Waals surface area contributed by atoms with Crippen molar-refractivity contribution in [2.75, 3.05) is 7.11 Å². The van der Waals surface area contributed by atoms with Gasteiger partial charge in [-0.05, 0) is 50.1 Å². The summed E-state index contributed by atoms with van der Waals surface area (Å²) in [6.45, 7) is 1.54. The Balaban J connectivity index is 1.64. The molecule has 1 heterocycles. The summed E-state index contributed by atoms with van der Waals surface area (Å²) in [6.07, 6.45) is 2.08. The van der Waals surface area contributed by atoms with Crippen LogP contribution in [-0.4, -0.2) is 27.7 Å². The summed E-state index contributed by atoms with van der Waals surface area (Å²) in [5.74, 6) is 1.57. The molecule has 0 saturated heterocycles. The number of hydrogen-bond acceptors (Lipinski definition) is 5. The number of hydrogen-bond donors (Lipinski definition) is 0. The summed E-state index contributed by atoms with van der Waals surface area (Å²) >= 11 is 1.52. The van der Waals surface area contributed by atoms with Crippen molar-refractivity contribution < 1.29 is 13.9 Å². The molecule has 1 fully saturated rings. The van der Waals surface area contributed by atoms with E-state index in [-0.39, 0.29) is 11.6 Å². The Labute approximate surface area is 166 Å². The van der Waals surface area contributed by atoms with E-state index in [0.29, 0.717) is 28.7 Å². The Morgan fingerprint density at radius 3 is 2.71 bits per heavy atom. The number of halogens is 1. The maximum Gasteiger partial charge on any atom is 0.192 e. The smallest absolute Gasteiger partial charge is 0.192 e. The van der Waals surface area contributed by atoms with Crippen LogP contribution < -0.4 is 4.74 Å². The summed E-state index contributed by atoms with van der Waals surface area (Å²) in [5.41, 5.74) is 2.02. The lowest BCUT2D eigenvalue weighted by Crippen LogP contribution is -2.01. The molecule has 0 unspecified atom stereocenters. The lowest BCUT2D eigenvalue weighted by molar-refractivity contribution is 0.101. The van der Waals surface area contributed by atoms with Gasteiger partial charge in [0.05, 0.1) is 12.7 Å². The molecule has 1 aromatic heterocycles. The third-order valence-corrected chi connectivity index (χ3v) is 5.73. The maximum atomic E-state index is 14.3. The molecule has 1 aliphatic carbocycles. The van der Waals surface area contributed by atoms with E-state index >= 15 is 0 Å². The first-order valence-corrected chi connectivity index (χ1v) is 10.1. The molecule has 0 radical (unpaired) electrons. The molecule has 0 atom stereocenters.